The number of para-hydroxylation sites is 1. The Labute approximate surface area is 114 Å². The van der Waals surface area contributed by atoms with E-state index in [2.05, 4.69) is 6.92 Å². The zero-order valence-corrected chi connectivity index (χ0v) is 11.5. The zero-order chi connectivity index (χ0) is 13.7. The van der Waals surface area contributed by atoms with Gasteiger partial charge in [0, 0.05) is 13.1 Å². The Morgan fingerprint density at radius 2 is 2.16 bits per heavy atom. The quantitative estimate of drug-likeness (QED) is 0.878. The third kappa shape index (κ3) is 3.70. The first-order chi connectivity index (χ1) is 9.13. The minimum absolute atomic E-state index is 0.0932. The monoisotopic (exact) mass is 262 g/mol. The Balaban J connectivity index is 1.74. The molecule has 2 rings (SSSR count). The summed E-state index contributed by atoms with van der Waals surface area (Å²) < 4.78 is 5.54. The van der Waals surface area contributed by atoms with Crippen LogP contribution in [-0.4, -0.2) is 37.0 Å². The van der Waals surface area contributed by atoms with Crippen LogP contribution >= 0.6 is 0 Å². The van der Waals surface area contributed by atoms with Crippen LogP contribution in [0, 0.1) is 5.41 Å². The summed E-state index contributed by atoms with van der Waals surface area (Å²) >= 11 is 0. The first kappa shape index (κ1) is 13.9. The van der Waals surface area contributed by atoms with Crippen LogP contribution in [0.4, 0.5) is 0 Å². The number of rotatable bonds is 5. The van der Waals surface area contributed by atoms with Gasteiger partial charge >= 0.3 is 0 Å². The van der Waals surface area contributed by atoms with E-state index in [9.17, 15) is 4.79 Å². The fourth-order valence-corrected chi connectivity index (χ4v) is 2.33. The molecule has 1 amide bonds. The van der Waals surface area contributed by atoms with E-state index in [0.29, 0.717) is 19.6 Å². The molecular formula is C15H22N2O2. The molecule has 1 aliphatic heterocycles. The van der Waals surface area contributed by atoms with Crippen LogP contribution in [0.15, 0.2) is 30.3 Å². The summed E-state index contributed by atoms with van der Waals surface area (Å²) in [4.78, 5) is 13.9. The summed E-state index contributed by atoms with van der Waals surface area (Å²) in [7, 11) is 0. The van der Waals surface area contributed by atoms with Crippen LogP contribution < -0.4 is 10.5 Å². The lowest BCUT2D eigenvalue weighted by atomic mass is 9.90. The van der Waals surface area contributed by atoms with Gasteiger partial charge in [-0.3, -0.25) is 4.79 Å². The summed E-state index contributed by atoms with van der Waals surface area (Å²) in [5.41, 5.74) is 5.84. The van der Waals surface area contributed by atoms with Gasteiger partial charge in [0.05, 0.1) is 13.0 Å². The molecule has 1 unspecified atom stereocenters. The molecule has 1 saturated heterocycles. The molecule has 2 N–H and O–H groups in total. The second-order valence-electron chi connectivity index (χ2n) is 5.49. The van der Waals surface area contributed by atoms with Crippen molar-refractivity contribution in [2.45, 2.75) is 19.8 Å². The highest BCUT2D eigenvalue weighted by Crippen LogP contribution is 2.28. The number of carbonyl (C=O) groups is 1. The van der Waals surface area contributed by atoms with Gasteiger partial charge in [-0.15, -0.1) is 0 Å². The van der Waals surface area contributed by atoms with E-state index in [-0.39, 0.29) is 11.3 Å². The normalized spacial score (nSPS) is 22.5. The van der Waals surface area contributed by atoms with Crippen LogP contribution in [0.3, 0.4) is 0 Å². The van der Waals surface area contributed by atoms with Crippen LogP contribution in [0.2, 0.25) is 0 Å². The van der Waals surface area contributed by atoms with Crippen molar-refractivity contribution in [3.63, 3.8) is 0 Å². The fraction of sp³-hybridized carbons (Fsp3) is 0.533. The van der Waals surface area contributed by atoms with E-state index in [0.717, 1.165) is 25.3 Å². The minimum Gasteiger partial charge on any atom is -0.493 e. The molecule has 1 aliphatic rings. The molecule has 0 aromatic heterocycles. The number of ether oxygens (including phenoxy) is 1. The number of nitrogens with zero attached hydrogens (tertiary/aromatic N) is 1. The summed E-state index contributed by atoms with van der Waals surface area (Å²) in [5.74, 6) is 0.969. The molecular weight excluding hydrogens is 240 g/mol. The van der Waals surface area contributed by atoms with Gasteiger partial charge in [-0.1, -0.05) is 25.1 Å². The highest BCUT2D eigenvalue weighted by Gasteiger charge is 2.34. The average molecular weight is 262 g/mol. The third-order valence-corrected chi connectivity index (χ3v) is 3.73. The highest BCUT2D eigenvalue weighted by molar-refractivity contribution is 5.76. The molecule has 0 bridgehead atoms. The fourth-order valence-electron chi connectivity index (χ4n) is 2.33. The van der Waals surface area contributed by atoms with Gasteiger partial charge in [0.25, 0.3) is 0 Å². The number of likely N-dealkylation sites (tertiary alicyclic amines) is 1. The predicted molar refractivity (Wildman–Crippen MR) is 74.9 cm³/mol. The first-order valence-electron chi connectivity index (χ1n) is 6.79. The second kappa shape index (κ2) is 6.06. The van der Waals surface area contributed by atoms with Crippen molar-refractivity contribution in [2.24, 2.45) is 11.1 Å². The molecule has 4 heteroatoms. The van der Waals surface area contributed by atoms with Gasteiger partial charge in [-0.05, 0) is 30.5 Å². The summed E-state index contributed by atoms with van der Waals surface area (Å²) in [5, 5.41) is 0. The molecule has 1 aromatic rings. The van der Waals surface area contributed by atoms with Crippen LogP contribution in [0.5, 0.6) is 5.75 Å². The molecule has 0 radical (unpaired) electrons. The van der Waals surface area contributed by atoms with Crippen molar-refractivity contribution < 1.29 is 9.53 Å². The molecule has 19 heavy (non-hydrogen) atoms. The molecule has 1 heterocycles. The van der Waals surface area contributed by atoms with E-state index >= 15 is 0 Å². The van der Waals surface area contributed by atoms with Crippen molar-refractivity contribution in [3.8, 4) is 5.75 Å². The third-order valence-electron chi connectivity index (χ3n) is 3.73. The van der Waals surface area contributed by atoms with Gasteiger partial charge in [-0.25, -0.2) is 0 Å². The maximum absolute atomic E-state index is 12.0. The smallest absolute Gasteiger partial charge is 0.226 e. The lowest BCUT2D eigenvalue weighted by Gasteiger charge is -2.22. The van der Waals surface area contributed by atoms with Gasteiger partial charge < -0.3 is 15.4 Å². The number of benzene rings is 1. The largest absolute Gasteiger partial charge is 0.493 e. The van der Waals surface area contributed by atoms with E-state index in [1.165, 1.54) is 0 Å². The zero-order valence-electron chi connectivity index (χ0n) is 11.5. The molecule has 1 aromatic carbocycles. The molecule has 104 valence electrons. The SMILES string of the molecule is CC1(CN)CCN(C(=O)CCOc2ccccc2)C1. The van der Waals surface area contributed by atoms with E-state index in [1.54, 1.807) is 0 Å². The number of hydrogen-bond acceptors (Lipinski definition) is 3. The van der Waals surface area contributed by atoms with Gasteiger partial charge in [-0.2, -0.15) is 0 Å². The standard InChI is InChI=1S/C15H22N2O2/c1-15(11-16)8-9-17(12-15)14(18)7-10-19-13-5-3-2-4-6-13/h2-6H,7-12,16H2,1H3. The van der Waals surface area contributed by atoms with Crippen LogP contribution in [-0.2, 0) is 4.79 Å². The number of nitrogens with two attached hydrogens (primary N) is 1. The Bertz CT molecular complexity index is 421. The Morgan fingerprint density at radius 1 is 1.42 bits per heavy atom. The van der Waals surface area contributed by atoms with Gasteiger partial charge in [0.15, 0.2) is 0 Å². The molecule has 0 aliphatic carbocycles. The van der Waals surface area contributed by atoms with Gasteiger partial charge in [0.2, 0.25) is 5.91 Å². The Kier molecular flexibility index (Phi) is 4.43. The van der Waals surface area contributed by atoms with Crippen molar-refractivity contribution in [2.75, 3.05) is 26.2 Å². The average Bonchev–Trinajstić information content (AvgIpc) is 2.83. The molecule has 0 spiro atoms. The minimum atomic E-state index is 0.0932. The lowest BCUT2D eigenvalue weighted by molar-refractivity contribution is -0.131. The summed E-state index contributed by atoms with van der Waals surface area (Å²) in [6.45, 7) is 4.79. The Hall–Kier alpha value is -1.55. The maximum atomic E-state index is 12.0. The van der Waals surface area contributed by atoms with Crippen molar-refractivity contribution in [3.05, 3.63) is 30.3 Å². The van der Waals surface area contributed by atoms with Crippen LogP contribution in [0.1, 0.15) is 19.8 Å². The summed E-state index contributed by atoms with van der Waals surface area (Å²) in [6.07, 6.45) is 1.42. The molecule has 4 nitrogen and oxygen atoms in total. The number of carbonyl (C=O) groups excluding carboxylic acids is 1. The van der Waals surface area contributed by atoms with E-state index < -0.39 is 0 Å². The number of amides is 1. The number of hydrogen-bond donors (Lipinski definition) is 1. The Morgan fingerprint density at radius 3 is 2.79 bits per heavy atom. The van der Waals surface area contributed by atoms with Crippen molar-refractivity contribution in [1.29, 1.82) is 0 Å². The second-order valence-corrected chi connectivity index (χ2v) is 5.49. The summed E-state index contributed by atoms with van der Waals surface area (Å²) in [6, 6.07) is 9.57. The highest BCUT2D eigenvalue weighted by atomic mass is 16.5. The van der Waals surface area contributed by atoms with Crippen molar-refractivity contribution in [1.82, 2.24) is 4.90 Å². The maximum Gasteiger partial charge on any atom is 0.226 e. The van der Waals surface area contributed by atoms with Gasteiger partial charge in [0.1, 0.15) is 5.75 Å². The predicted octanol–water partition coefficient (Wildman–Crippen LogP) is 1.65. The van der Waals surface area contributed by atoms with Crippen molar-refractivity contribution >= 4 is 5.91 Å². The van der Waals surface area contributed by atoms with E-state index in [4.69, 9.17) is 10.5 Å². The first-order valence-corrected chi connectivity index (χ1v) is 6.79. The topological polar surface area (TPSA) is 55.6 Å². The molecule has 1 fully saturated rings. The molecule has 0 saturated carbocycles. The lowest BCUT2D eigenvalue weighted by Crippen LogP contribution is -2.35. The van der Waals surface area contributed by atoms with E-state index in [1.807, 2.05) is 35.2 Å². The molecule has 1 atom stereocenters. The van der Waals surface area contributed by atoms with Crippen LogP contribution in [0.25, 0.3) is 0 Å².